The minimum Gasteiger partial charge on any atom is -0.308 e. The van der Waals surface area contributed by atoms with Crippen molar-refractivity contribution in [3.05, 3.63) is 70.7 Å². The van der Waals surface area contributed by atoms with E-state index in [0.29, 0.717) is 6.04 Å². The van der Waals surface area contributed by atoms with Crippen LogP contribution >= 0.6 is 11.6 Å². The van der Waals surface area contributed by atoms with Gasteiger partial charge in [0.05, 0.1) is 0 Å². The van der Waals surface area contributed by atoms with Crippen molar-refractivity contribution in [3.8, 4) is 0 Å². The minimum atomic E-state index is 0.410. The number of piperazine rings is 1. The summed E-state index contributed by atoms with van der Waals surface area (Å²) >= 11 is 6.25. The van der Waals surface area contributed by atoms with Crippen LogP contribution in [0.4, 0.5) is 0 Å². The number of halogens is 1. The third-order valence-corrected chi connectivity index (χ3v) is 4.18. The molecule has 1 saturated heterocycles. The predicted octanol–water partition coefficient (Wildman–Crippen LogP) is 3.49. The Kier molecular flexibility index (Phi) is 4.36. The Bertz CT molecular complexity index is 556. The Hall–Kier alpha value is -1.35. The zero-order chi connectivity index (χ0) is 13.8. The van der Waals surface area contributed by atoms with Crippen LogP contribution in [0.25, 0.3) is 0 Å². The molecule has 3 rings (SSSR count). The molecule has 20 heavy (non-hydrogen) atoms. The number of hydrogen-bond acceptors (Lipinski definition) is 2. The van der Waals surface area contributed by atoms with Crippen LogP contribution in [0.2, 0.25) is 5.02 Å². The van der Waals surface area contributed by atoms with Crippen molar-refractivity contribution in [2.45, 2.75) is 12.6 Å². The molecule has 0 saturated carbocycles. The zero-order valence-corrected chi connectivity index (χ0v) is 12.2. The van der Waals surface area contributed by atoms with E-state index in [9.17, 15) is 0 Å². The van der Waals surface area contributed by atoms with E-state index in [2.05, 4.69) is 52.7 Å². The summed E-state index contributed by atoms with van der Waals surface area (Å²) in [7, 11) is 0. The van der Waals surface area contributed by atoms with E-state index in [1.807, 2.05) is 12.1 Å². The largest absolute Gasteiger partial charge is 0.308 e. The summed E-state index contributed by atoms with van der Waals surface area (Å²) in [6.07, 6.45) is 0. The fourth-order valence-corrected chi connectivity index (χ4v) is 2.93. The second kappa shape index (κ2) is 6.40. The lowest BCUT2D eigenvalue weighted by Crippen LogP contribution is -2.45. The molecule has 1 fully saturated rings. The summed E-state index contributed by atoms with van der Waals surface area (Å²) in [5.74, 6) is 0. The topological polar surface area (TPSA) is 15.3 Å². The predicted molar refractivity (Wildman–Crippen MR) is 83.9 cm³/mol. The molecule has 1 unspecified atom stereocenters. The summed E-state index contributed by atoms with van der Waals surface area (Å²) in [5, 5.41) is 4.45. The monoisotopic (exact) mass is 286 g/mol. The van der Waals surface area contributed by atoms with Gasteiger partial charge in [0.25, 0.3) is 0 Å². The van der Waals surface area contributed by atoms with E-state index in [1.54, 1.807) is 0 Å². The second-order valence-corrected chi connectivity index (χ2v) is 5.65. The molecule has 104 valence electrons. The number of rotatable bonds is 3. The molecule has 0 spiro atoms. The average Bonchev–Trinajstić information content (AvgIpc) is 2.51. The highest BCUT2D eigenvalue weighted by atomic mass is 35.5. The van der Waals surface area contributed by atoms with Gasteiger partial charge in [0.2, 0.25) is 0 Å². The number of nitrogens with zero attached hydrogens (tertiary/aromatic N) is 1. The molecule has 0 radical (unpaired) electrons. The molecule has 1 heterocycles. The van der Waals surface area contributed by atoms with Gasteiger partial charge in [-0.3, -0.25) is 4.90 Å². The lowest BCUT2D eigenvalue weighted by atomic mass is 10.0. The van der Waals surface area contributed by atoms with E-state index in [-0.39, 0.29) is 0 Å². The molecular weight excluding hydrogens is 268 g/mol. The van der Waals surface area contributed by atoms with Crippen molar-refractivity contribution >= 4 is 11.6 Å². The smallest absolute Gasteiger partial charge is 0.0451 e. The highest BCUT2D eigenvalue weighted by Gasteiger charge is 2.20. The Morgan fingerprint density at radius 3 is 2.60 bits per heavy atom. The van der Waals surface area contributed by atoms with Crippen molar-refractivity contribution < 1.29 is 0 Å². The lowest BCUT2D eigenvalue weighted by Gasteiger charge is -2.34. The molecule has 0 aromatic heterocycles. The summed E-state index contributed by atoms with van der Waals surface area (Å²) < 4.78 is 0. The fraction of sp³-hybridized carbons (Fsp3) is 0.294. The van der Waals surface area contributed by atoms with Crippen molar-refractivity contribution in [2.24, 2.45) is 0 Å². The van der Waals surface area contributed by atoms with E-state index in [1.165, 1.54) is 11.1 Å². The Balaban J connectivity index is 1.68. The Morgan fingerprint density at radius 2 is 1.80 bits per heavy atom. The van der Waals surface area contributed by atoms with Crippen LogP contribution < -0.4 is 5.32 Å². The van der Waals surface area contributed by atoms with Crippen LogP contribution in [0.5, 0.6) is 0 Å². The van der Waals surface area contributed by atoms with Crippen LogP contribution in [0.15, 0.2) is 54.6 Å². The van der Waals surface area contributed by atoms with Crippen molar-refractivity contribution in [3.63, 3.8) is 0 Å². The molecule has 3 heteroatoms. The standard InChI is InChI=1S/C17H19ClN2/c18-16-9-5-4-8-15(16)12-20-11-10-19-17(13-20)14-6-2-1-3-7-14/h1-9,17,19H,10-13H2. The fourth-order valence-electron chi connectivity index (χ4n) is 2.73. The number of hydrogen-bond donors (Lipinski definition) is 1. The number of nitrogens with one attached hydrogen (secondary N) is 1. The highest BCUT2D eigenvalue weighted by molar-refractivity contribution is 6.31. The summed E-state index contributed by atoms with van der Waals surface area (Å²) in [5.41, 5.74) is 2.57. The first-order valence-electron chi connectivity index (χ1n) is 7.07. The van der Waals surface area contributed by atoms with Gasteiger partial charge in [-0.05, 0) is 17.2 Å². The normalized spacial score (nSPS) is 19.9. The van der Waals surface area contributed by atoms with Crippen molar-refractivity contribution in [1.29, 1.82) is 0 Å². The molecule has 2 aromatic rings. The third kappa shape index (κ3) is 3.21. The highest BCUT2D eigenvalue weighted by Crippen LogP contribution is 2.21. The van der Waals surface area contributed by atoms with Gasteiger partial charge >= 0.3 is 0 Å². The molecule has 0 bridgehead atoms. The van der Waals surface area contributed by atoms with Gasteiger partial charge in [0.1, 0.15) is 0 Å². The summed E-state index contributed by atoms with van der Waals surface area (Å²) in [6, 6.07) is 19.2. The van der Waals surface area contributed by atoms with Crippen LogP contribution in [0.1, 0.15) is 17.2 Å². The second-order valence-electron chi connectivity index (χ2n) is 5.24. The molecule has 0 amide bonds. The van der Waals surface area contributed by atoms with Crippen molar-refractivity contribution in [1.82, 2.24) is 10.2 Å². The van der Waals surface area contributed by atoms with Crippen LogP contribution in [-0.4, -0.2) is 24.5 Å². The molecule has 2 nitrogen and oxygen atoms in total. The molecule has 1 N–H and O–H groups in total. The number of benzene rings is 2. The van der Waals surface area contributed by atoms with Gasteiger partial charge in [0, 0.05) is 37.2 Å². The van der Waals surface area contributed by atoms with Crippen molar-refractivity contribution in [2.75, 3.05) is 19.6 Å². The molecule has 1 aliphatic heterocycles. The average molecular weight is 287 g/mol. The maximum absolute atomic E-state index is 6.25. The van der Waals surface area contributed by atoms with E-state index >= 15 is 0 Å². The molecule has 2 aromatic carbocycles. The van der Waals surface area contributed by atoms with Crippen LogP contribution in [0, 0.1) is 0 Å². The quantitative estimate of drug-likeness (QED) is 0.929. The van der Waals surface area contributed by atoms with Gasteiger partial charge in [0.15, 0.2) is 0 Å². The van der Waals surface area contributed by atoms with Gasteiger partial charge in [-0.2, -0.15) is 0 Å². The molecule has 1 aliphatic rings. The van der Waals surface area contributed by atoms with Crippen LogP contribution in [-0.2, 0) is 6.54 Å². The Morgan fingerprint density at radius 1 is 1.05 bits per heavy atom. The van der Waals surface area contributed by atoms with Gasteiger partial charge in [-0.25, -0.2) is 0 Å². The maximum atomic E-state index is 6.25. The van der Waals surface area contributed by atoms with E-state index in [4.69, 9.17) is 11.6 Å². The first kappa shape index (κ1) is 13.6. The first-order chi connectivity index (χ1) is 9.83. The molecule has 1 atom stereocenters. The van der Waals surface area contributed by atoms with Gasteiger partial charge < -0.3 is 5.32 Å². The zero-order valence-electron chi connectivity index (χ0n) is 11.4. The summed E-state index contributed by atoms with van der Waals surface area (Å²) in [6.45, 7) is 4.03. The molecular formula is C17H19ClN2. The Labute approximate surface area is 125 Å². The maximum Gasteiger partial charge on any atom is 0.0451 e. The van der Waals surface area contributed by atoms with E-state index in [0.717, 1.165) is 31.2 Å². The van der Waals surface area contributed by atoms with E-state index < -0.39 is 0 Å². The first-order valence-corrected chi connectivity index (χ1v) is 7.45. The van der Waals surface area contributed by atoms with Gasteiger partial charge in [-0.1, -0.05) is 60.1 Å². The minimum absolute atomic E-state index is 0.410. The third-order valence-electron chi connectivity index (χ3n) is 3.81. The molecule has 0 aliphatic carbocycles. The van der Waals surface area contributed by atoms with Gasteiger partial charge in [-0.15, -0.1) is 0 Å². The van der Waals surface area contributed by atoms with Crippen LogP contribution in [0.3, 0.4) is 0 Å². The lowest BCUT2D eigenvalue weighted by molar-refractivity contribution is 0.193. The summed E-state index contributed by atoms with van der Waals surface area (Å²) in [4.78, 5) is 2.47. The SMILES string of the molecule is Clc1ccccc1CN1CCNC(c2ccccc2)C1.